The molecule has 0 unspecified atom stereocenters. The zero-order valence-electron chi connectivity index (χ0n) is 15.6. The Labute approximate surface area is 163 Å². The van der Waals surface area contributed by atoms with Crippen LogP contribution in [0, 0.1) is 6.92 Å². The molecule has 0 aromatic carbocycles. The molecule has 0 atom stereocenters. The van der Waals surface area contributed by atoms with E-state index in [1.807, 2.05) is 25.5 Å². The number of pyridine rings is 2. The lowest BCUT2D eigenvalue weighted by Crippen LogP contribution is -2.21. The van der Waals surface area contributed by atoms with Gasteiger partial charge in [0.05, 0.1) is 11.1 Å². The minimum atomic E-state index is -5.08. The van der Waals surface area contributed by atoms with E-state index in [0.29, 0.717) is 5.71 Å². The molecule has 154 valence electrons. The SMILES string of the molecule is Cc1noc2ncc(CNCc3cncc4c3CCC4)cc12.O=C(O)C(F)(F)F. The first-order valence-electron chi connectivity index (χ1n) is 8.92. The van der Waals surface area contributed by atoms with Gasteiger partial charge in [-0.3, -0.25) is 4.98 Å². The van der Waals surface area contributed by atoms with Gasteiger partial charge in [0.1, 0.15) is 0 Å². The average Bonchev–Trinajstić information content (AvgIpc) is 3.29. The highest BCUT2D eigenvalue weighted by molar-refractivity contribution is 5.75. The van der Waals surface area contributed by atoms with E-state index in [-0.39, 0.29) is 0 Å². The molecule has 3 aromatic rings. The number of halogens is 3. The number of nitrogens with zero attached hydrogens (tertiary/aromatic N) is 3. The Bertz CT molecular complexity index is 1020. The Morgan fingerprint density at radius 1 is 1.24 bits per heavy atom. The zero-order valence-corrected chi connectivity index (χ0v) is 15.6. The lowest BCUT2D eigenvalue weighted by Gasteiger charge is -2.09. The number of nitrogens with one attached hydrogen (secondary N) is 1. The summed E-state index contributed by atoms with van der Waals surface area (Å²) in [7, 11) is 0. The van der Waals surface area contributed by atoms with E-state index in [1.165, 1.54) is 36.0 Å². The van der Waals surface area contributed by atoms with Gasteiger partial charge in [-0.1, -0.05) is 5.16 Å². The number of carbonyl (C=O) groups is 1. The summed E-state index contributed by atoms with van der Waals surface area (Å²) in [5.41, 5.74) is 6.86. The molecule has 0 saturated carbocycles. The second-order valence-corrected chi connectivity index (χ2v) is 6.66. The number of aryl methyl sites for hydroxylation is 2. The van der Waals surface area contributed by atoms with Crippen molar-refractivity contribution in [3.63, 3.8) is 0 Å². The number of carboxylic acids is 1. The molecule has 0 aliphatic heterocycles. The first kappa shape index (κ1) is 20.7. The molecule has 3 heterocycles. The highest BCUT2D eigenvalue weighted by Crippen LogP contribution is 2.24. The van der Waals surface area contributed by atoms with Crippen LogP contribution in [0.25, 0.3) is 11.1 Å². The van der Waals surface area contributed by atoms with Gasteiger partial charge in [-0.15, -0.1) is 0 Å². The van der Waals surface area contributed by atoms with Crippen LogP contribution in [0.3, 0.4) is 0 Å². The Morgan fingerprint density at radius 3 is 2.72 bits per heavy atom. The van der Waals surface area contributed by atoms with Gasteiger partial charge in [-0.25, -0.2) is 9.78 Å². The maximum atomic E-state index is 10.6. The zero-order chi connectivity index (χ0) is 21.0. The molecule has 3 aromatic heterocycles. The Hall–Kier alpha value is -3.01. The summed E-state index contributed by atoms with van der Waals surface area (Å²) in [6.45, 7) is 3.55. The van der Waals surface area contributed by atoms with Crippen molar-refractivity contribution in [1.82, 2.24) is 20.4 Å². The molecule has 0 radical (unpaired) electrons. The molecule has 2 N–H and O–H groups in total. The molecule has 1 aliphatic carbocycles. The lowest BCUT2D eigenvalue weighted by atomic mass is 10.1. The van der Waals surface area contributed by atoms with Crippen LogP contribution in [-0.2, 0) is 30.7 Å². The third kappa shape index (κ3) is 5.08. The van der Waals surface area contributed by atoms with E-state index in [4.69, 9.17) is 14.4 Å². The van der Waals surface area contributed by atoms with Crippen molar-refractivity contribution in [2.75, 3.05) is 0 Å². The summed E-state index contributed by atoms with van der Waals surface area (Å²) in [6, 6.07) is 2.09. The van der Waals surface area contributed by atoms with E-state index in [1.54, 1.807) is 0 Å². The fourth-order valence-electron chi connectivity index (χ4n) is 3.15. The molecule has 0 amide bonds. The Kier molecular flexibility index (Phi) is 6.12. The molecule has 4 rings (SSSR count). The number of hydrogen-bond donors (Lipinski definition) is 2. The maximum Gasteiger partial charge on any atom is 0.490 e. The predicted octanol–water partition coefficient (Wildman–Crippen LogP) is 3.34. The normalized spacial score (nSPS) is 13.1. The van der Waals surface area contributed by atoms with Crippen LogP contribution in [0.15, 0.2) is 29.2 Å². The first-order valence-corrected chi connectivity index (χ1v) is 8.92. The van der Waals surface area contributed by atoms with Crippen molar-refractivity contribution < 1.29 is 27.6 Å². The van der Waals surface area contributed by atoms with Crippen LogP contribution in [0.5, 0.6) is 0 Å². The summed E-state index contributed by atoms with van der Waals surface area (Å²) < 4.78 is 36.9. The molecule has 0 spiro atoms. The minimum absolute atomic E-state index is 0.603. The number of fused-ring (bicyclic) bond motifs is 2. The summed E-state index contributed by atoms with van der Waals surface area (Å²) in [5.74, 6) is -2.76. The van der Waals surface area contributed by atoms with E-state index in [2.05, 4.69) is 26.5 Å². The summed E-state index contributed by atoms with van der Waals surface area (Å²) in [5, 5.41) is 15.5. The van der Waals surface area contributed by atoms with Gasteiger partial charge in [0.15, 0.2) is 0 Å². The lowest BCUT2D eigenvalue weighted by molar-refractivity contribution is -0.192. The number of aliphatic carboxylic acids is 1. The maximum absolute atomic E-state index is 10.6. The molecule has 1 aliphatic rings. The van der Waals surface area contributed by atoms with Crippen molar-refractivity contribution in [1.29, 1.82) is 0 Å². The highest BCUT2D eigenvalue weighted by Gasteiger charge is 2.38. The van der Waals surface area contributed by atoms with Crippen molar-refractivity contribution in [3.8, 4) is 0 Å². The Morgan fingerprint density at radius 2 is 2.00 bits per heavy atom. The van der Waals surface area contributed by atoms with Gasteiger partial charge in [0.2, 0.25) is 0 Å². The number of hydrogen-bond acceptors (Lipinski definition) is 6. The van der Waals surface area contributed by atoms with Crippen LogP contribution in [0.2, 0.25) is 0 Å². The quantitative estimate of drug-likeness (QED) is 0.683. The minimum Gasteiger partial charge on any atom is -0.475 e. The molecule has 0 bridgehead atoms. The second kappa shape index (κ2) is 8.56. The van der Waals surface area contributed by atoms with Crippen LogP contribution in [0.4, 0.5) is 13.2 Å². The number of aromatic nitrogens is 3. The second-order valence-electron chi connectivity index (χ2n) is 6.66. The molecular weight excluding hydrogens is 389 g/mol. The fraction of sp³-hybridized carbons (Fsp3) is 0.368. The van der Waals surface area contributed by atoms with Crippen molar-refractivity contribution in [3.05, 3.63) is 52.6 Å². The largest absolute Gasteiger partial charge is 0.490 e. The van der Waals surface area contributed by atoms with Crippen LogP contribution < -0.4 is 5.32 Å². The standard InChI is InChI=1S/C17H18N4O.C2HF3O2/c1-11-16-5-12(7-20-17(16)22-21-11)6-18-9-14-10-19-8-13-3-2-4-15(13)14;3-2(4,5)1(6)7/h5,7-8,10,18H,2-4,6,9H2,1H3;(H,6,7). The first-order chi connectivity index (χ1) is 13.8. The van der Waals surface area contributed by atoms with Crippen molar-refractivity contribution in [2.45, 2.75) is 45.5 Å². The topological polar surface area (TPSA) is 101 Å². The Balaban J connectivity index is 0.000000298. The molecule has 29 heavy (non-hydrogen) atoms. The predicted molar refractivity (Wildman–Crippen MR) is 97.0 cm³/mol. The van der Waals surface area contributed by atoms with E-state index >= 15 is 0 Å². The van der Waals surface area contributed by atoms with E-state index in [0.717, 1.165) is 29.7 Å². The van der Waals surface area contributed by atoms with Crippen molar-refractivity contribution in [2.24, 2.45) is 0 Å². The van der Waals surface area contributed by atoms with Crippen molar-refractivity contribution >= 4 is 17.1 Å². The molecule has 0 saturated heterocycles. The molecule has 7 nitrogen and oxygen atoms in total. The average molecular weight is 408 g/mol. The van der Waals surface area contributed by atoms with Crippen LogP contribution in [-0.4, -0.2) is 32.4 Å². The van der Waals surface area contributed by atoms with Gasteiger partial charge in [-0.05, 0) is 54.5 Å². The van der Waals surface area contributed by atoms with Gasteiger partial charge in [0.25, 0.3) is 5.71 Å². The van der Waals surface area contributed by atoms with E-state index in [9.17, 15) is 13.2 Å². The molecule has 0 fully saturated rings. The van der Waals surface area contributed by atoms with E-state index < -0.39 is 12.1 Å². The third-order valence-corrected chi connectivity index (χ3v) is 4.56. The van der Waals surface area contributed by atoms with Gasteiger partial charge in [-0.2, -0.15) is 13.2 Å². The smallest absolute Gasteiger partial charge is 0.475 e. The summed E-state index contributed by atoms with van der Waals surface area (Å²) in [4.78, 5) is 17.6. The highest BCUT2D eigenvalue weighted by atomic mass is 19.4. The molecule has 10 heteroatoms. The van der Waals surface area contributed by atoms with Gasteiger partial charge in [0, 0.05) is 31.7 Å². The third-order valence-electron chi connectivity index (χ3n) is 4.56. The molecular formula is C19H19F3N4O3. The van der Waals surface area contributed by atoms with Gasteiger partial charge >= 0.3 is 12.1 Å². The van der Waals surface area contributed by atoms with Gasteiger partial charge < -0.3 is 14.9 Å². The number of alkyl halides is 3. The monoisotopic (exact) mass is 408 g/mol. The van der Waals surface area contributed by atoms with Crippen LogP contribution >= 0.6 is 0 Å². The van der Waals surface area contributed by atoms with Crippen LogP contribution in [0.1, 0.15) is 34.4 Å². The summed E-state index contributed by atoms with van der Waals surface area (Å²) >= 11 is 0. The number of rotatable bonds is 4. The fourth-order valence-corrected chi connectivity index (χ4v) is 3.15. The number of carboxylic acid groups (broad SMARTS) is 1. The summed E-state index contributed by atoms with van der Waals surface area (Å²) in [6.07, 6.45) is 4.36.